The van der Waals surface area contributed by atoms with Crippen molar-refractivity contribution in [2.75, 3.05) is 19.6 Å². The zero-order valence-corrected chi connectivity index (χ0v) is 10.3. The Morgan fingerprint density at radius 1 is 1.27 bits per heavy atom. The van der Waals surface area contributed by atoms with Gasteiger partial charge in [0.15, 0.2) is 0 Å². The van der Waals surface area contributed by atoms with Crippen LogP contribution in [-0.2, 0) is 0 Å². The standard InChI is InChI=1S/C13H26N2/c1-3-8-14-12-5-4-6-13(12)15-9-7-11(2)10-15/h11-14H,3-10H2,1-2H3. The molecule has 3 unspecified atom stereocenters. The monoisotopic (exact) mass is 210 g/mol. The summed E-state index contributed by atoms with van der Waals surface area (Å²) < 4.78 is 0. The summed E-state index contributed by atoms with van der Waals surface area (Å²) in [6, 6.07) is 1.64. The van der Waals surface area contributed by atoms with Crippen LogP contribution >= 0.6 is 0 Å². The van der Waals surface area contributed by atoms with E-state index in [-0.39, 0.29) is 0 Å². The Bertz CT molecular complexity index is 193. The summed E-state index contributed by atoms with van der Waals surface area (Å²) in [5, 5.41) is 3.73. The fourth-order valence-electron chi connectivity index (χ4n) is 3.22. The molecule has 0 bridgehead atoms. The largest absolute Gasteiger partial charge is 0.312 e. The van der Waals surface area contributed by atoms with E-state index in [0.29, 0.717) is 0 Å². The number of hydrogen-bond donors (Lipinski definition) is 1. The lowest BCUT2D eigenvalue weighted by Gasteiger charge is -2.30. The van der Waals surface area contributed by atoms with Crippen molar-refractivity contribution < 1.29 is 0 Å². The predicted molar refractivity (Wildman–Crippen MR) is 65.1 cm³/mol. The van der Waals surface area contributed by atoms with Crippen LogP contribution in [0.5, 0.6) is 0 Å². The van der Waals surface area contributed by atoms with E-state index in [4.69, 9.17) is 0 Å². The van der Waals surface area contributed by atoms with Gasteiger partial charge in [0.25, 0.3) is 0 Å². The van der Waals surface area contributed by atoms with E-state index >= 15 is 0 Å². The van der Waals surface area contributed by atoms with Crippen LogP contribution in [0.15, 0.2) is 0 Å². The van der Waals surface area contributed by atoms with Gasteiger partial charge in [0.1, 0.15) is 0 Å². The third-order valence-corrected chi connectivity index (χ3v) is 4.06. The number of hydrogen-bond acceptors (Lipinski definition) is 2. The van der Waals surface area contributed by atoms with Crippen LogP contribution in [0.1, 0.15) is 46.0 Å². The molecule has 2 fully saturated rings. The zero-order chi connectivity index (χ0) is 10.7. The molecule has 1 aliphatic heterocycles. The van der Waals surface area contributed by atoms with Crippen LogP contribution in [0.3, 0.4) is 0 Å². The fraction of sp³-hybridized carbons (Fsp3) is 1.00. The third-order valence-electron chi connectivity index (χ3n) is 4.06. The fourth-order valence-corrected chi connectivity index (χ4v) is 3.22. The molecule has 0 aromatic rings. The molecule has 0 aromatic heterocycles. The lowest BCUT2D eigenvalue weighted by Crippen LogP contribution is -2.46. The van der Waals surface area contributed by atoms with Gasteiger partial charge < -0.3 is 5.32 Å². The number of nitrogens with one attached hydrogen (secondary N) is 1. The smallest absolute Gasteiger partial charge is 0.0249 e. The summed E-state index contributed by atoms with van der Waals surface area (Å²) in [6.07, 6.45) is 6.93. The maximum absolute atomic E-state index is 3.73. The zero-order valence-electron chi connectivity index (χ0n) is 10.3. The molecule has 1 N–H and O–H groups in total. The molecular formula is C13H26N2. The van der Waals surface area contributed by atoms with E-state index in [1.807, 2.05) is 0 Å². The van der Waals surface area contributed by atoms with Gasteiger partial charge in [0.05, 0.1) is 0 Å². The van der Waals surface area contributed by atoms with Crippen molar-refractivity contribution in [3.05, 3.63) is 0 Å². The van der Waals surface area contributed by atoms with Gasteiger partial charge in [-0.2, -0.15) is 0 Å². The van der Waals surface area contributed by atoms with Gasteiger partial charge in [-0.25, -0.2) is 0 Å². The van der Waals surface area contributed by atoms with E-state index < -0.39 is 0 Å². The van der Waals surface area contributed by atoms with E-state index in [9.17, 15) is 0 Å². The summed E-state index contributed by atoms with van der Waals surface area (Å²) in [6.45, 7) is 8.54. The normalized spacial score (nSPS) is 37.6. The molecule has 1 saturated carbocycles. The Labute approximate surface area is 94.4 Å². The first kappa shape index (κ1) is 11.4. The molecule has 0 aromatic carbocycles. The van der Waals surface area contributed by atoms with E-state index in [1.165, 1.54) is 51.7 Å². The van der Waals surface area contributed by atoms with Crippen LogP contribution in [0.4, 0.5) is 0 Å². The van der Waals surface area contributed by atoms with Crippen molar-refractivity contribution in [1.29, 1.82) is 0 Å². The van der Waals surface area contributed by atoms with Gasteiger partial charge in [-0.1, -0.05) is 20.3 Å². The lowest BCUT2D eigenvalue weighted by atomic mass is 10.1. The van der Waals surface area contributed by atoms with Gasteiger partial charge in [-0.15, -0.1) is 0 Å². The van der Waals surface area contributed by atoms with Gasteiger partial charge in [-0.05, 0) is 44.7 Å². The molecule has 88 valence electrons. The SMILES string of the molecule is CCCNC1CCCC1N1CCC(C)C1. The first-order valence-corrected chi connectivity index (χ1v) is 6.78. The topological polar surface area (TPSA) is 15.3 Å². The second-order valence-corrected chi connectivity index (χ2v) is 5.45. The number of nitrogens with zero attached hydrogens (tertiary/aromatic N) is 1. The quantitative estimate of drug-likeness (QED) is 0.765. The molecule has 0 radical (unpaired) electrons. The predicted octanol–water partition coefficient (Wildman–Crippen LogP) is 2.25. The Morgan fingerprint density at radius 2 is 2.13 bits per heavy atom. The van der Waals surface area contributed by atoms with E-state index in [0.717, 1.165) is 18.0 Å². The first-order valence-electron chi connectivity index (χ1n) is 6.78. The van der Waals surface area contributed by atoms with Crippen molar-refractivity contribution in [2.24, 2.45) is 5.92 Å². The van der Waals surface area contributed by atoms with Crippen LogP contribution < -0.4 is 5.32 Å². The second kappa shape index (κ2) is 5.31. The average molecular weight is 210 g/mol. The van der Waals surface area contributed by atoms with Crippen LogP contribution in [0.2, 0.25) is 0 Å². The minimum Gasteiger partial charge on any atom is -0.312 e. The first-order chi connectivity index (χ1) is 7.31. The second-order valence-electron chi connectivity index (χ2n) is 5.45. The number of likely N-dealkylation sites (tertiary alicyclic amines) is 1. The molecule has 15 heavy (non-hydrogen) atoms. The molecular weight excluding hydrogens is 184 g/mol. The molecule has 2 heteroatoms. The highest BCUT2D eigenvalue weighted by Gasteiger charge is 2.34. The van der Waals surface area contributed by atoms with E-state index in [1.54, 1.807) is 0 Å². The van der Waals surface area contributed by atoms with Crippen LogP contribution in [-0.4, -0.2) is 36.6 Å². The maximum Gasteiger partial charge on any atom is 0.0249 e. The molecule has 3 atom stereocenters. The Balaban J connectivity index is 1.84. The van der Waals surface area contributed by atoms with Gasteiger partial charge in [0.2, 0.25) is 0 Å². The van der Waals surface area contributed by atoms with E-state index in [2.05, 4.69) is 24.1 Å². The Morgan fingerprint density at radius 3 is 2.80 bits per heavy atom. The maximum atomic E-state index is 3.73. The highest BCUT2D eigenvalue weighted by molar-refractivity contribution is 4.92. The molecule has 0 amide bonds. The molecule has 0 spiro atoms. The third kappa shape index (κ3) is 2.73. The van der Waals surface area contributed by atoms with Crippen molar-refractivity contribution in [1.82, 2.24) is 10.2 Å². The molecule has 1 saturated heterocycles. The van der Waals surface area contributed by atoms with Crippen LogP contribution in [0, 0.1) is 5.92 Å². The van der Waals surface area contributed by atoms with Crippen LogP contribution in [0.25, 0.3) is 0 Å². The summed E-state index contributed by atoms with van der Waals surface area (Å²) in [7, 11) is 0. The molecule has 2 rings (SSSR count). The summed E-state index contributed by atoms with van der Waals surface area (Å²) in [5.41, 5.74) is 0. The van der Waals surface area contributed by atoms with Gasteiger partial charge in [-0.3, -0.25) is 4.90 Å². The van der Waals surface area contributed by atoms with Gasteiger partial charge in [0, 0.05) is 18.6 Å². The molecule has 1 heterocycles. The number of rotatable bonds is 4. The minimum atomic E-state index is 0.787. The van der Waals surface area contributed by atoms with Crippen molar-refractivity contribution in [3.63, 3.8) is 0 Å². The van der Waals surface area contributed by atoms with Crippen molar-refractivity contribution in [3.8, 4) is 0 Å². The van der Waals surface area contributed by atoms with Gasteiger partial charge >= 0.3 is 0 Å². The highest BCUT2D eigenvalue weighted by Crippen LogP contribution is 2.28. The summed E-state index contributed by atoms with van der Waals surface area (Å²) in [5.74, 6) is 0.928. The average Bonchev–Trinajstić information content (AvgIpc) is 2.82. The highest BCUT2D eigenvalue weighted by atomic mass is 15.2. The van der Waals surface area contributed by atoms with Crippen molar-refractivity contribution in [2.45, 2.75) is 58.0 Å². The summed E-state index contributed by atoms with van der Waals surface area (Å²) in [4.78, 5) is 2.74. The molecule has 2 aliphatic rings. The molecule has 2 nitrogen and oxygen atoms in total. The molecule has 1 aliphatic carbocycles. The lowest BCUT2D eigenvalue weighted by molar-refractivity contribution is 0.206. The van der Waals surface area contributed by atoms with Crippen molar-refractivity contribution >= 4 is 0 Å². The minimum absolute atomic E-state index is 0.787. The Hall–Kier alpha value is -0.0800. The summed E-state index contributed by atoms with van der Waals surface area (Å²) >= 11 is 0. The Kier molecular flexibility index (Phi) is 4.04.